The summed E-state index contributed by atoms with van der Waals surface area (Å²) in [5.74, 6) is 0.261. The average molecular weight is 455 g/mol. The summed E-state index contributed by atoms with van der Waals surface area (Å²) in [5.41, 5.74) is -0.0860. The second kappa shape index (κ2) is 9.41. The van der Waals surface area contributed by atoms with E-state index >= 15 is 0 Å². The summed E-state index contributed by atoms with van der Waals surface area (Å²) in [5, 5.41) is 0. The predicted molar refractivity (Wildman–Crippen MR) is 109 cm³/mol. The summed E-state index contributed by atoms with van der Waals surface area (Å²) in [6, 6.07) is 5.21. The third-order valence-corrected chi connectivity index (χ3v) is 4.81. The van der Waals surface area contributed by atoms with E-state index in [0.717, 1.165) is 4.47 Å². The molecule has 1 aliphatic rings. The van der Waals surface area contributed by atoms with Crippen LogP contribution in [0, 0.1) is 0 Å². The van der Waals surface area contributed by atoms with Crippen molar-refractivity contribution in [3.8, 4) is 5.75 Å². The molecular formula is C20H27BrN2O5. The lowest BCUT2D eigenvalue weighted by Crippen LogP contribution is -2.51. The molecular weight excluding hydrogens is 428 g/mol. The molecule has 1 aromatic rings. The second-order valence-electron chi connectivity index (χ2n) is 7.62. The number of piperazine rings is 1. The van der Waals surface area contributed by atoms with Crippen LogP contribution < -0.4 is 4.74 Å². The number of carbonyl (C=O) groups excluding carboxylic acids is 3. The number of benzene rings is 1. The van der Waals surface area contributed by atoms with E-state index in [1.807, 2.05) is 20.8 Å². The van der Waals surface area contributed by atoms with Crippen molar-refractivity contribution in [2.24, 2.45) is 0 Å². The summed E-state index contributed by atoms with van der Waals surface area (Å²) >= 11 is 3.35. The molecule has 0 saturated carbocycles. The number of nitrogens with zero attached hydrogens (tertiary/aromatic N) is 2. The van der Waals surface area contributed by atoms with Gasteiger partial charge in [0.2, 0.25) is 5.91 Å². The minimum Gasteiger partial charge on any atom is -0.496 e. The highest BCUT2D eigenvalue weighted by molar-refractivity contribution is 9.10. The molecule has 28 heavy (non-hydrogen) atoms. The second-order valence-corrected chi connectivity index (χ2v) is 8.53. The van der Waals surface area contributed by atoms with Crippen LogP contribution in [0.3, 0.4) is 0 Å². The van der Waals surface area contributed by atoms with Gasteiger partial charge in [-0.05, 0) is 39.0 Å². The van der Waals surface area contributed by atoms with E-state index in [9.17, 15) is 14.4 Å². The van der Waals surface area contributed by atoms with Crippen molar-refractivity contribution < 1.29 is 23.9 Å². The van der Waals surface area contributed by atoms with Gasteiger partial charge in [-0.15, -0.1) is 0 Å². The molecule has 0 radical (unpaired) electrons. The SMILES string of the molecule is COc1ccc(Br)cc1C(=O)CCC(=O)N1CCN(C(=O)OC(C)(C)C)CC1. The lowest BCUT2D eigenvalue weighted by atomic mass is 10.0. The molecule has 0 aliphatic carbocycles. The smallest absolute Gasteiger partial charge is 0.410 e. The number of ketones is 1. The first kappa shape index (κ1) is 22.2. The maximum absolute atomic E-state index is 12.5. The maximum Gasteiger partial charge on any atom is 0.410 e. The van der Waals surface area contributed by atoms with Gasteiger partial charge in [0.05, 0.1) is 12.7 Å². The van der Waals surface area contributed by atoms with Gasteiger partial charge in [0.25, 0.3) is 0 Å². The van der Waals surface area contributed by atoms with Crippen LogP contribution in [0.4, 0.5) is 4.79 Å². The van der Waals surface area contributed by atoms with Crippen LogP contribution in [0.2, 0.25) is 0 Å². The van der Waals surface area contributed by atoms with E-state index in [0.29, 0.717) is 37.5 Å². The van der Waals surface area contributed by atoms with E-state index in [1.54, 1.807) is 28.0 Å². The average Bonchev–Trinajstić information content (AvgIpc) is 2.64. The summed E-state index contributed by atoms with van der Waals surface area (Å²) in [6.07, 6.45) is -0.129. The molecule has 2 amide bonds. The Morgan fingerprint density at radius 2 is 1.64 bits per heavy atom. The molecule has 8 heteroatoms. The van der Waals surface area contributed by atoms with Gasteiger partial charge >= 0.3 is 6.09 Å². The molecule has 0 bridgehead atoms. The zero-order chi connectivity index (χ0) is 20.9. The Hall–Kier alpha value is -2.09. The number of methoxy groups -OCH3 is 1. The van der Waals surface area contributed by atoms with Crippen LogP contribution in [0.5, 0.6) is 5.75 Å². The van der Waals surface area contributed by atoms with Crippen LogP contribution >= 0.6 is 15.9 Å². The molecule has 1 fully saturated rings. The van der Waals surface area contributed by atoms with E-state index in [4.69, 9.17) is 9.47 Å². The highest BCUT2D eigenvalue weighted by atomic mass is 79.9. The third-order valence-electron chi connectivity index (χ3n) is 4.31. The summed E-state index contributed by atoms with van der Waals surface area (Å²) in [7, 11) is 1.51. The van der Waals surface area contributed by atoms with Crippen molar-refractivity contribution in [3.63, 3.8) is 0 Å². The number of hydrogen-bond donors (Lipinski definition) is 0. The highest BCUT2D eigenvalue weighted by Gasteiger charge is 2.27. The Labute approximate surface area is 174 Å². The quantitative estimate of drug-likeness (QED) is 0.636. The van der Waals surface area contributed by atoms with E-state index < -0.39 is 5.60 Å². The largest absolute Gasteiger partial charge is 0.496 e. The van der Waals surface area contributed by atoms with Gasteiger partial charge in [-0.1, -0.05) is 15.9 Å². The van der Waals surface area contributed by atoms with E-state index in [2.05, 4.69) is 15.9 Å². The first-order valence-electron chi connectivity index (χ1n) is 9.23. The lowest BCUT2D eigenvalue weighted by Gasteiger charge is -2.35. The van der Waals surface area contributed by atoms with Crippen LogP contribution in [-0.2, 0) is 9.53 Å². The molecule has 0 unspecified atom stereocenters. The minimum absolute atomic E-state index is 0.0915. The summed E-state index contributed by atoms with van der Waals surface area (Å²) in [4.78, 5) is 40.3. The zero-order valence-electron chi connectivity index (χ0n) is 16.8. The molecule has 2 rings (SSSR count). The van der Waals surface area contributed by atoms with Crippen LogP contribution in [0.25, 0.3) is 0 Å². The Morgan fingerprint density at radius 3 is 2.21 bits per heavy atom. The normalized spacial score (nSPS) is 14.6. The number of ether oxygens (including phenoxy) is 2. The third kappa shape index (κ3) is 6.22. The van der Waals surface area contributed by atoms with E-state index in [1.165, 1.54) is 7.11 Å². The minimum atomic E-state index is -0.544. The van der Waals surface area contributed by atoms with Gasteiger partial charge in [0.1, 0.15) is 11.4 Å². The fraction of sp³-hybridized carbons (Fsp3) is 0.550. The Morgan fingerprint density at radius 1 is 1.04 bits per heavy atom. The van der Waals surface area contributed by atoms with Gasteiger partial charge in [0.15, 0.2) is 5.78 Å². The molecule has 1 saturated heterocycles. The molecule has 7 nitrogen and oxygen atoms in total. The Kier molecular flexibility index (Phi) is 7.46. The molecule has 1 heterocycles. The molecule has 1 aromatic carbocycles. The van der Waals surface area contributed by atoms with Crippen molar-refractivity contribution in [1.29, 1.82) is 0 Å². The zero-order valence-corrected chi connectivity index (χ0v) is 18.4. The van der Waals surface area contributed by atoms with Gasteiger partial charge < -0.3 is 19.3 Å². The number of halogens is 1. The predicted octanol–water partition coefficient (Wildman–Crippen LogP) is 3.50. The van der Waals surface area contributed by atoms with Gasteiger partial charge in [-0.25, -0.2) is 4.79 Å². The van der Waals surface area contributed by atoms with Gasteiger partial charge in [-0.3, -0.25) is 9.59 Å². The van der Waals surface area contributed by atoms with Crippen LogP contribution in [0.15, 0.2) is 22.7 Å². The van der Waals surface area contributed by atoms with Crippen LogP contribution in [0.1, 0.15) is 44.0 Å². The van der Waals surface area contributed by atoms with E-state index in [-0.39, 0.29) is 30.6 Å². The number of carbonyl (C=O) groups is 3. The van der Waals surface area contributed by atoms with Crippen LogP contribution in [-0.4, -0.2) is 66.5 Å². The van der Waals surface area contributed by atoms with Gasteiger partial charge in [-0.2, -0.15) is 0 Å². The van der Waals surface area contributed by atoms with Crippen molar-refractivity contribution >= 4 is 33.7 Å². The number of amides is 2. The monoisotopic (exact) mass is 454 g/mol. The molecule has 0 N–H and O–H groups in total. The first-order chi connectivity index (χ1) is 13.1. The maximum atomic E-state index is 12.5. The fourth-order valence-corrected chi connectivity index (χ4v) is 3.24. The highest BCUT2D eigenvalue weighted by Crippen LogP contribution is 2.24. The molecule has 1 aliphatic heterocycles. The first-order valence-corrected chi connectivity index (χ1v) is 10.0. The summed E-state index contributed by atoms with van der Waals surface area (Å²) in [6.45, 7) is 7.19. The van der Waals surface area contributed by atoms with Gasteiger partial charge in [0, 0.05) is 43.5 Å². The Balaban J connectivity index is 1.84. The number of Topliss-reactive ketones (excluding diaryl/α,β-unsaturated/α-hetero) is 1. The van der Waals surface area contributed by atoms with Crippen molar-refractivity contribution in [3.05, 3.63) is 28.2 Å². The lowest BCUT2D eigenvalue weighted by molar-refractivity contribution is -0.132. The number of rotatable bonds is 5. The molecule has 154 valence electrons. The van der Waals surface area contributed by atoms with Crippen molar-refractivity contribution in [1.82, 2.24) is 9.80 Å². The van der Waals surface area contributed by atoms with Crippen molar-refractivity contribution in [2.75, 3.05) is 33.3 Å². The standard InChI is InChI=1S/C20H27BrN2O5/c1-20(2,3)28-19(26)23-11-9-22(10-12-23)18(25)8-6-16(24)15-13-14(21)5-7-17(15)27-4/h5,7,13H,6,8-12H2,1-4H3. The topological polar surface area (TPSA) is 76.2 Å². The molecule has 0 spiro atoms. The summed E-state index contributed by atoms with van der Waals surface area (Å²) < 4.78 is 11.4. The fourth-order valence-electron chi connectivity index (χ4n) is 2.88. The Bertz CT molecular complexity index is 737. The van der Waals surface area contributed by atoms with Crippen molar-refractivity contribution in [2.45, 2.75) is 39.2 Å². The molecule has 0 atom stereocenters. The number of hydrogen-bond acceptors (Lipinski definition) is 5. The molecule has 0 aromatic heterocycles.